The molecule has 0 radical (unpaired) electrons. The van der Waals surface area contributed by atoms with Crippen molar-refractivity contribution in [3.8, 4) is 0 Å². The van der Waals surface area contributed by atoms with E-state index < -0.39 is 0 Å². The summed E-state index contributed by atoms with van der Waals surface area (Å²) in [4.78, 5) is 0. The molecule has 2 nitrogen and oxygen atoms in total. The quantitative estimate of drug-likeness (QED) is 0.716. The predicted octanol–water partition coefficient (Wildman–Crippen LogP) is 1.54. The molecule has 3 aliphatic rings. The van der Waals surface area contributed by atoms with Crippen LogP contribution in [0.2, 0.25) is 0 Å². The van der Waals surface area contributed by atoms with E-state index in [4.69, 9.17) is 10.5 Å². The van der Waals surface area contributed by atoms with Crippen LogP contribution in [0.5, 0.6) is 0 Å². The van der Waals surface area contributed by atoms with E-state index in [0.717, 1.165) is 25.0 Å². The Morgan fingerprint density at radius 2 is 2.00 bits per heavy atom. The molecule has 2 atom stereocenters. The largest absolute Gasteiger partial charge is 0.377 e. The summed E-state index contributed by atoms with van der Waals surface area (Å²) in [5.74, 6) is 1.78. The molecule has 0 spiro atoms. The van der Waals surface area contributed by atoms with E-state index in [0.29, 0.717) is 11.5 Å². The van der Waals surface area contributed by atoms with Crippen LogP contribution in [-0.4, -0.2) is 19.3 Å². The number of rotatable bonds is 3. The lowest BCUT2D eigenvalue weighted by Crippen LogP contribution is -2.41. The van der Waals surface area contributed by atoms with Crippen LogP contribution in [0.15, 0.2) is 0 Å². The highest BCUT2D eigenvalue weighted by Gasteiger charge is 2.56. The minimum atomic E-state index is 0.404. The predicted molar refractivity (Wildman–Crippen MR) is 51.3 cm³/mol. The van der Waals surface area contributed by atoms with Crippen molar-refractivity contribution in [2.75, 3.05) is 13.2 Å². The standard InChI is InChI=1S/C11H19NO/c12-7-11(9-3-4-9)5-6-13-10(11)8-1-2-8/h8-10H,1-7,12H2. The van der Waals surface area contributed by atoms with E-state index in [1.165, 1.54) is 32.1 Å². The summed E-state index contributed by atoms with van der Waals surface area (Å²) >= 11 is 0. The van der Waals surface area contributed by atoms with Gasteiger partial charge in [-0.15, -0.1) is 0 Å². The van der Waals surface area contributed by atoms with Gasteiger partial charge < -0.3 is 10.5 Å². The molecule has 3 fully saturated rings. The van der Waals surface area contributed by atoms with Crippen LogP contribution < -0.4 is 5.73 Å². The molecule has 1 heterocycles. The maximum absolute atomic E-state index is 5.99. The van der Waals surface area contributed by atoms with Gasteiger partial charge in [-0.05, 0) is 43.9 Å². The van der Waals surface area contributed by atoms with Gasteiger partial charge in [-0.25, -0.2) is 0 Å². The molecule has 1 aliphatic heterocycles. The molecule has 2 unspecified atom stereocenters. The van der Waals surface area contributed by atoms with Gasteiger partial charge in [0, 0.05) is 18.6 Å². The first-order valence-electron chi connectivity index (χ1n) is 5.68. The molecule has 2 N–H and O–H groups in total. The van der Waals surface area contributed by atoms with Crippen molar-refractivity contribution >= 4 is 0 Å². The highest BCUT2D eigenvalue weighted by molar-refractivity contribution is 5.06. The monoisotopic (exact) mass is 181 g/mol. The lowest BCUT2D eigenvalue weighted by Gasteiger charge is -2.33. The fourth-order valence-electron chi connectivity index (χ4n) is 3.17. The van der Waals surface area contributed by atoms with Crippen LogP contribution in [0, 0.1) is 17.3 Å². The molecule has 0 aromatic carbocycles. The summed E-state index contributed by atoms with van der Waals surface area (Å²) in [6.45, 7) is 1.83. The van der Waals surface area contributed by atoms with E-state index in [1.807, 2.05) is 0 Å². The van der Waals surface area contributed by atoms with Gasteiger partial charge in [0.2, 0.25) is 0 Å². The second kappa shape index (κ2) is 2.71. The third-order valence-corrected chi connectivity index (χ3v) is 4.25. The maximum Gasteiger partial charge on any atom is 0.0674 e. The Bertz CT molecular complexity index is 210. The van der Waals surface area contributed by atoms with E-state index in [1.54, 1.807) is 0 Å². The Labute approximate surface area is 79.8 Å². The van der Waals surface area contributed by atoms with Crippen molar-refractivity contribution < 1.29 is 4.74 Å². The van der Waals surface area contributed by atoms with Gasteiger partial charge >= 0.3 is 0 Å². The molecule has 2 heteroatoms. The summed E-state index contributed by atoms with van der Waals surface area (Å²) in [6, 6.07) is 0. The van der Waals surface area contributed by atoms with Gasteiger partial charge in [0.1, 0.15) is 0 Å². The van der Waals surface area contributed by atoms with Crippen molar-refractivity contribution in [1.82, 2.24) is 0 Å². The SMILES string of the molecule is NCC1(C2CC2)CCOC1C1CC1. The minimum Gasteiger partial charge on any atom is -0.377 e. The molecule has 1 saturated heterocycles. The summed E-state index contributed by atoms with van der Waals surface area (Å²) in [5.41, 5.74) is 6.39. The van der Waals surface area contributed by atoms with Crippen molar-refractivity contribution in [3.63, 3.8) is 0 Å². The Hall–Kier alpha value is -0.0800. The third kappa shape index (κ3) is 1.15. The number of nitrogens with two attached hydrogens (primary N) is 1. The van der Waals surface area contributed by atoms with Gasteiger partial charge in [-0.2, -0.15) is 0 Å². The molecule has 13 heavy (non-hydrogen) atoms. The van der Waals surface area contributed by atoms with Crippen molar-refractivity contribution in [1.29, 1.82) is 0 Å². The van der Waals surface area contributed by atoms with Gasteiger partial charge in [0.05, 0.1) is 6.10 Å². The molecule has 0 bridgehead atoms. The number of ether oxygens (including phenoxy) is 1. The van der Waals surface area contributed by atoms with Gasteiger partial charge in [-0.1, -0.05) is 0 Å². The first kappa shape index (κ1) is 8.25. The van der Waals surface area contributed by atoms with Gasteiger partial charge in [0.25, 0.3) is 0 Å². The van der Waals surface area contributed by atoms with Crippen LogP contribution in [-0.2, 0) is 4.74 Å². The zero-order valence-electron chi connectivity index (χ0n) is 8.17. The van der Waals surface area contributed by atoms with Crippen LogP contribution >= 0.6 is 0 Å². The van der Waals surface area contributed by atoms with E-state index in [2.05, 4.69) is 0 Å². The van der Waals surface area contributed by atoms with E-state index in [9.17, 15) is 0 Å². The Kier molecular flexibility index (Phi) is 1.72. The summed E-state index contributed by atoms with van der Waals surface area (Å²) < 4.78 is 5.91. The first-order chi connectivity index (χ1) is 6.37. The molecule has 0 amide bonds. The highest BCUT2D eigenvalue weighted by atomic mass is 16.5. The van der Waals surface area contributed by atoms with Crippen LogP contribution in [0.1, 0.15) is 32.1 Å². The fourth-order valence-corrected chi connectivity index (χ4v) is 3.17. The fraction of sp³-hybridized carbons (Fsp3) is 1.00. The second-order valence-corrected chi connectivity index (χ2v) is 5.09. The van der Waals surface area contributed by atoms with Crippen molar-refractivity contribution in [2.24, 2.45) is 23.0 Å². The highest BCUT2D eigenvalue weighted by Crippen LogP contribution is 2.57. The first-order valence-corrected chi connectivity index (χ1v) is 5.68. The summed E-state index contributed by atoms with van der Waals surface area (Å²) in [5, 5.41) is 0. The molecule has 0 aromatic rings. The van der Waals surface area contributed by atoms with Crippen LogP contribution in [0.4, 0.5) is 0 Å². The molecule has 0 aromatic heterocycles. The number of hydrogen-bond acceptors (Lipinski definition) is 2. The molecule has 3 rings (SSSR count). The summed E-state index contributed by atoms with van der Waals surface area (Å²) in [7, 11) is 0. The zero-order valence-corrected chi connectivity index (χ0v) is 8.17. The van der Waals surface area contributed by atoms with Crippen LogP contribution in [0.25, 0.3) is 0 Å². The molecular weight excluding hydrogens is 162 g/mol. The summed E-state index contributed by atoms with van der Waals surface area (Å²) in [6.07, 6.45) is 7.35. The van der Waals surface area contributed by atoms with Crippen molar-refractivity contribution in [2.45, 2.75) is 38.2 Å². The average Bonchev–Trinajstić information content (AvgIpc) is 3.03. The van der Waals surface area contributed by atoms with Crippen molar-refractivity contribution in [3.05, 3.63) is 0 Å². The molecule has 74 valence electrons. The lowest BCUT2D eigenvalue weighted by atomic mass is 9.74. The third-order valence-electron chi connectivity index (χ3n) is 4.25. The maximum atomic E-state index is 5.99. The Morgan fingerprint density at radius 1 is 1.23 bits per heavy atom. The second-order valence-electron chi connectivity index (χ2n) is 5.09. The normalized spacial score (nSPS) is 45.5. The van der Waals surface area contributed by atoms with Gasteiger partial charge in [0.15, 0.2) is 0 Å². The molecule has 2 saturated carbocycles. The number of hydrogen-bond donors (Lipinski definition) is 1. The van der Waals surface area contributed by atoms with Crippen LogP contribution in [0.3, 0.4) is 0 Å². The Morgan fingerprint density at radius 3 is 2.54 bits per heavy atom. The molecular formula is C11H19NO. The van der Waals surface area contributed by atoms with Gasteiger partial charge in [-0.3, -0.25) is 0 Å². The lowest BCUT2D eigenvalue weighted by molar-refractivity contribution is 0.0240. The zero-order chi connectivity index (χ0) is 8.89. The molecule has 2 aliphatic carbocycles. The smallest absolute Gasteiger partial charge is 0.0674 e. The minimum absolute atomic E-state index is 0.404. The average molecular weight is 181 g/mol. The van der Waals surface area contributed by atoms with E-state index in [-0.39, 0.29) is 0 Å². The topological polar surface area (TPSA) is 35.2 Å². The van der Waals surface area contributed by atoms with E-state index >= 15 is 0 Å². The Balaban J connectivity index is 1.83.